The molecule has 0 aliphatic carbocycles. The molecule has 1 aromatic rings. The molecule has 1 atom stereocenters. The summed E-state index contributed by atoms with van der Waals surface area (Å²) in [4.78, 5) is 16.0. The number of aliphatic hydroxyl groups excluding tert-OH is 1. The van der Waals surface area contributed by atoms with Crippen LogP contribution in [0.4, 0.5) is 0 Å². The summed E-state index contributed by atoms with van der Waals surface area (Å²) in [5.74, 6) is 0.217. The van der Waals surface area contributed by atoms with Crippen molar-refractivity contribution in [1.29, 1.82) is 0 Å². The van der Waals surface area contributed by atoms with E-state index >= 15 is 0 Å². The topological polar surface area (TPSA) is 62.2 Å². The molecule has 1 aromatic heterocycles. The van der Waals surface area contributed by atoms with Crippen molar-refractivity contribution in [2.24, 2.45) is 0 Å². The van der Waals surface area contributed by atoms with Crippen LogP contribution in [0.1, 0.15) is 49.2 Å². The van der Waals surface area contributed by atoms with Crippen LogP contribution in [0.5, 0.6) is 0 Å². The fourth-order valence-electron chi connectivity index (χ4n) is 1.45. The number of carbonyl (C=O) groups excluding carboxylic acids is 1. The average Bonchev–Trinajstić information content (AvgIpc) is 2.29. The van der Waals surface area contributed by atoms with E-state index in [1.807, 2.05) is 13.0 Å². The Hall–Kier alpha value is -1.42. The predicted molar refractivity (Wildman–Crippen MR) is 67.0 cm³/mol. The molecule has 0 saturated heterocycles. The molecule has 0 bridgehead atoms. The van der Waals surface area contributed by atoms with Crippen LogP contribution in [-0.2, 0) is 0 Å². The molecule has 0 fully saturated rings. The lowest BCUT2D eigenvalue weighted by Crippen LogP contribution is -2.33. The molecular weight excluding hydrogens is 216 g/mol. The Morgan fingerprint density at radius 2 is 2.12 bits per heavy atom. The van der Waals surface area contributed by atoms with Gasteiger partial charge in [0.15, 0.2) is 0 Å². The van der Waals surface area contributed by atoms with Gasteiger partial charge in [-0.2, -0.15) is 0 Å². The maximum atomic E-state index is 11.8. The second-order valence-corrected chi connectivity index (χ2v) is 4.51. The lowest BCUT2D eigenvalue weighted by atomic mass is 10.1. The second kappa shape index (κ2) is 6.35. The molecule has 0 unspecified atom stereocenters. The molecule has 1 amide bonds. The number of carbonyl (C=O) groups is 1. The lowest BCUT2D eigenvalue weighted by Gasteiger charge is -2.12. The van der Waals surface area contributed by atoms with E-state index in [4.69, 9.17) is 5.11 Å². The van der Waals surface area contributed by atoms with Gasteiger partial charge in [-0.1, -0.05) is 13.8 Å². The minimum absolute atomic E-state index is 0.0303. The van der Waals surface area contributed by atoms with Crippen molar-refractivity contribution >= 4 is 5.91 Å². The molecule has 4 heteroatoms. The van der Waals surface area contributed by atoms with E-state index < -0.39 is 0 Å². The molecule has 94 valence electrons. The Morgan fingerprint density at radius 3 is 2.59 bits per heavy atom. The van der Waals surface area contributed by atoms with Gasteiger partial charge in [0.1, 0.15) is 0 Å². The van der Waals surface area contributed by atoms with Crippen molar-refractivity contribution in [3.05, 3.63) is 29.6 Å². The molecule has 1 heterocycles. The average molecular weight is 236 g/mol. The fraction of sp³-hybridized carbons (Fsp3) is 0.538. The van der Waals surface area contributed by atoms with E-state index in [-0.39, 0.29) is 18.6 Å². The normalized spacial score (nSPS) is 12.5. The number of rotatable bonds is 5. The molecule has 17 heavy (non-hydrogen) atoms. The zero-order chi connectivity index (χ0) is 12.8. The van der Waals surface area contributed by atoms with Gasteiger partial charge >= 0.3 is 0 Å². The van der Waals surface area contributed by atoms with E-state index in [9.17, 15) is 4.79 Å². The van der Waals surface area contributed by atoms with Crippen molar-refractivity contribution in [1.82, 2.24) is 10.3 Å². The fourth-order valence-corrected chi connectivity index (χ4v) is 1.45. The second-order valence-electron chi connectivity index (χ2n) is 4.51. The number of nitrogens with one attached hydrogen (secondary N) is 1. The number of pyridine rings is 1. The minimum Gasteiger partial charge on any atom is -0.396 e. The van der Waals surface area contributed by atoms with Gasteiger partial charge < -0.3 is 10.4 Å². The smallest absolute Gasteiger partial charge is 0.253 e. The third-order valence-corrected chi connectivity index (χ3v) is 2.58. The Bertz CT molecular complexity index is 360. The van der Waals surface area contributed by atoms with Crippen LogP contribution in [0.2, 0.25) is 0 Å². The van der Waals surface area contributed by atoms with Crippen molar-refractivity contribution in [2.75, 3.05) is 6.61 Å². The first kappa shape index (κ1) is 13.6. The summed E-state index contributed by atoms with van der Waals surface area (Å²) in [7, 11) is 0. The quantitative estimate of drug-likeness (QED) is 0.818. The summed E-state index contributed by atoms with van der Waals surface area (Å²) in [6.45, 7) is 6.06. The van der Waals surface area contributed by atoms with Crippen molar-refractivity contribution in [2.45, 2.75) is 39.2 Å². The van der Waals surface area contributed by atoms with Gasteiger partial charge in [0.25, 0.3) is 5.91 Å². The van der Waals surface area contributed by atoms with Crippen molar-refractivity contribution in [3.63, 3.8) is 0 Å². The third-order valence-electron chi connectivity index (χ3n) is 2.58. The van der Waals surface area contributed by atoms with E-state index in [0.717, 1.165) is 5.69 Å². The zero-order valence-electron chi connectivity index (χ0n) is 10.6. The largest absolute Gasteiger partial charge is 0.396 e. The van der Waals surface area contributed by atoms with Crippen molar-refractivity contribution in [3.8, 4) is 0 Å². The maximum Gasteiger partial charge on any atom is 0.253 e. The highest BCUT2D eigenvalue weighted by Crippen LogP contribution is 2.11. The summed E-state index contributed by atoms with van der Waals surface area (Å²) in [5.41, 5.74) is 1.53. The van der Waals surface area contributed by atoms with Gasteiger partial charge in [0.2, 0.25) is 0 Å². The van der Waals surface area contributed by atoms with Crippen LogP contribution in [0.25, 0.3) is 0 Å². The molecule has 0 aromatic carbocycles. The van der Waals surface area contributed by atoms with Gasteiger partial charge in [-0.05, 0) is 31.4 Å². The molecule has 0 aliphatic rings. The molecular formula is C13H20N2O2. The molecule has 0 radical (unpaired) electrons. The molecule has 1 rings (SSSR count). The number of nitrogens with zero attached hydrogens (tertiary/aromatic N) is 1. The summed E-state index contributed by atoms with van der Waals surface area (Å²) in [6.07, 6.45) is 2.15. The van der Waals surface area contributed by atoms with E-state index in [1.54, 1.807) is 12.3 Å². The van der Waals surface area contributed by atoms with E-state index in [0.29, 0.717) is 17.9 Å². The summed E-state index contributed by atoms with van der Waals surface area (Å²) in [5, 5.41) is 11.6. The minimum atomic E-state index is -0.145. The highest BCUT2D eigenvalue weighted by Gasteiger charge is 2.10. The number of hydrogen-bond donors (Lipinski definition) is 2. The standard InChI is InChI=1S/C13H20N2O2/c1-9(2)12-5-4-11(8-14-12)13(17)15-10(3)6-7-16/h4-5,8-10,16H,6-7H2,1-3H3,(H,15,17)/t10-/m1/s1. The van der Waals surface area contributed by atoms with Crippen LogP contribution in [0, 0.1) is 0 Å². The first-order chi connectivity index (χ1) is 8.04. The van der Waals surface area contributed by atoms with Gasteiger partial charge in [0.05, 0.1) is 5.56 Å². The van der Waals surface area contributed by atoms with Crippen LogP contribution in [-0.4, -0.2) is 28.6 Å². The third kappa shape index (κ3) is 4.15. The highest BCUT2D eigenvalue weighted by atomic mass is 16.3. The summed E-state index contributed by atoms with van der Waals surface area (Å²) < 4.78 is 0. The van der Waals surface area contributed by atoms with Gasteiger partial charge in [-0.25, -0.2) is 0 Å². The molecule has 0 aliphatic heterocycles. The van der Waals surface area contributed by atoms with Crippen LogP contribution in [0.3, 0.4) is 0 Å². The SMILES string of the molecule is CC(C)c1ccc(C(=O)N[C@H](C)CCO)cn1. The monoisotopic (exact) mass is 236 g/mol. The molecule has 0 spiro atoms. The van der Waals surface area contributed by atoms with E-state index in [2.05, 4.69) is 24.1 Å². The number of aromatic nitrogens is 1. The lowest BCUT2D eigenvalue weighted by molar-refractivity contribution is 0.0934. The Kier molecular flexibility index (Phi) is 5.10. The highest BCUT2D eigenvalue weighted by molar-refractivity contribution is 5.94. The zero-order valence-corrected chi connectivity index (χ0v) is 10.6. The van der Waals surface area contributed by atoms with Crippen LogP contribution in [0.15, 0.2) is 18.3 Å². The Balaban J connectivity index is 2.63. The number of amides is 1. The first-order valence-electron chi connectivity index (χ1n) is 5.92. The van der Waals surface area contributed by atoms with Crippen molar-refractivity contribution < 1.29 is 9.90 Å². The number of aliphatic hydroxyl groups is 1. The van der Waals surface area contributed by atoms with Gasteiger partial charge in [-0.15, -0.1) is 0 Å². The number of hydrogen-bond acceptors (Lipinski definition) is 3. The summed E-state index contributed by atoms with van der Waals surface area (Å²) in [6, 6.07) is 3.62. The molecule has 2 N–H and O–H groups in total. The van der Waals surface area contributed by atoms with Crippen LogP contribution >= 0.6 is 0 Å². The molecule has 4 nitrogen and oxygen atoms in total. The molecule has 0 saturated carbocycles. The maximum absolute atomic E-state index is 11.8. The first-order valence-corrected chi connectivity index (χ1v) is 5.92. The van der Waals surface area contributed by atoms with Crippen LogP contribution < -0.4 is 5.32 Å². The predicted octanol–water partition coefficient (Wildman–Crippen LogP) is 1.71. The Labute approximate surface area is 102 Å². The Morgan fingerprint density at radius 1 is 1.41 bits per heavy atom. The van der Waals surface area contributed by atoms with E-state index in [1.165, 1.54) is 0 Å². The summed E-state index contributed by atoms with van der Waals surface area (Å²) >= 11 is 0. The van der Waals surface area contributed by atoms with Gasteiger partial charge in [-0.3, -0.25) is 9.78 Å². The van der Waals surface area contributed by atoms with Gasteiger partial charge in [0, 0.05) is 24.5 Å².